The number of unbranched alkanes of at least 4 members (excludes halogenated alkanes) is 1. The van der Waals surface area contributed by atoms with Crippen molar-refractivity contribution in [1.29, 1.82) is 0 Å². The Kier molecular flexibility index (Phi) is 6.51. The van der Waals surface area contributed by atoms with Crippen LogP contribution >= 0.6 is 0 Å². The number of primary amides is 1. The van der Waals surface area contributed by atoms with Gasteiger partial charge in [-0.15, -0.1) is 0 Å². The number of hydrogen-bond acceptors (Lipinski definition) is 5. The molecule has 0 saturated carbocycles. The van der Waals surface area contributed by atoms with Gasteiger partial charge in [0.15, 0.2) is 6.61 Å². The van der Waals surface area contributed by atoms with Crippen LogP contribution in [0.2, 0.25) is 0 Å². The zero-order chi connectivity index (χ0) is 17.4. The van der Waals surface area contributed by atoms with Crippen LogP contribution in [0.4, 0.5) is 0 Å². The van der Waals surface area contributed by atoms with E-state index in [0.29, 0.717) is 24.2 Å². The molecule has 1 heterocycles. The number of ether oxygens (including phenoxy) is 1. The first kappa shape index (κ1) is 17.7. The number of aromatic nitrogens is 1. The maximum absolute atomic E-state index is 12.0. The van der Waals surface area contributed by atoms with Crippen LogP contribution in [0.3, 0.4) is 0 Å². The van der Waals surface area contributed by atoms with Gasteiger partial charge in [-0.1, -0.05) is 18.2 Å². The molecule has 7 heteroatoms. The first-order chi connectivity index (χ1) is 11.6. The highest BCUT2D eigenvalue weighted by Crippen LogP contribution is 2.22. The van der Waals surface area contributed by atoms with E-state index in [2.05, 4.69) is 10.3 Å². The number of para-hydroxylation sites is 1. The van der Waals surface area contributed by atoms with E-state index in [1.165, 1.54) is 0 Å². The predicted molar refractivity (Wildman–Crippen MR) is 91.3 cm³/mol. The monoisotopic (exact) mass is 330 g/mol. The molecule has 2 aromatic rings. The topological polar surface area (TPSA) is 120 Å². The number of carbonyl (C=O) groups excluding carboxylic acids is 2. The molecular formula is C17H22N4O3. The van der Waals surface area contributed by atoms with Gasteiger partial charge in [0.1, 0.15) is 17.3 Å². The quantitative estimate of drug-likeness (QED) is 0.585. The zero-order valence-corrected chi connectivity index (χ0v) is 13.4. The van der Waals surface area contributed by atoms with Crippen molar-refractivity contribution < 1.29 is 14.3 Å². The van der Waals surface area contributed by atoms with Gasteiger partial charge >= 0.3 is 0 Å². The molecule has 2 rings (SSSR count). The Morgan fingerprint density at radius 1 is 1.21 bits per heavy atom. The third kappa shape index (κ3) is 4.92. The van der Waals surface area contributed by atoms with E-state index in [1.807, 2.05) is 24.3 Å². The lowest BCUT2D eigenvalue weighted by Crippen LogP contribution is -2.46. The number of nitrogens with one attached hydrogen (secondary N) is 1. The molecule has 0 spiro atoms. The lowest BCUT2D eigenvalue weighted by Gasteiger charge is -2.15. The van der Waals surface area contributed by atoms with E-state index in [9.17, 15) is 9.59 Å². The van der Waals surface area contributed by atoms with Crippen LogP contribution in [-0.2, 0) is 9.59 Å². The fourth-order valence-corrected chi connectivity index (χ4v) is 2.35. The molecule has 0 saturated heterocycles. The fraction of sp³-hybridized carbons (Fsp3) is 0.353. The third-order valence-electron chi connectivity index (χ3n) is 3.58. The van der Waals surface area contributed by atoms with Gasteiger partial charge in [-0.3, -0.25) is 14.6 Å². The number of fused-ring (bicyclic) bond motifs is 1. The summed E-state index contributed by atoms with van der Waals surface area (Å²) in [7, 11) is 0. The Morgan fingerprint density at radius 3 is 2.75 bits per heavy atom. The number of amides is 2. The number of pyridine rings is 1. The SMILES string of the molecule is NCCCCC(NC(=O)COc1cccc2cccnc12)C(N)=O. The van der Waals surface area contributed by atoms with Crippen LogP contribution in [0.5, 0.6) is 5.75 Å². The van der Waals surface area contributed by atoms with E-state index in [0.717, 1.165) is 18.2 Å². The molecular weight excluding hydrogens is 308 g/mol. The molecule has 0 radical (unpaired) electrons. The minimum atomic E-state index is -0.710. The average Bonchev–Trinajstić information content (AvgIpc) is 2.59. The van der Waals surface area contributed by atoms with Gasteiger partial charge in [0.2, 0.25) is 5.91 Å². The first-order valence-electron chi connectivity index (χ1n) is 7.87. The highest BCUT2D eigenvalue weighted by atomic mass is 16.5. The first-order valence-corrected chi connectivity index (χ1v) is 7.87. The van der Waals surface area contributed by atoms with E-state index in [4.69, 9.17) is 16.2 Å². The van der Waals surface area contributed by atoms with Crippen LogP contribution in [0, 0.1) is 0 Å². The van der Waals surface area contributed by atoms with Gasteiger partial charge in [-0.2, -0.15) is 0 Å². The number of nitrogens with two attached hydrogens (primary N) is 2. The summed E-state index contributed by atoms with van der Waals surface area (Å²) in [6, 6.07) is 8.52. The summed E-state index contributed by atoms with van der Waals surface area (Å²) in [4.78, 5) is 27.7. The number of nitrogens with zero attached hydrogens (tertiary/aromatic N) is 1. The van der Waals surface area contributed by atoms with E-state index in [1.54, 1.807) is 12.3 Å². The summed E-state index contributed by atoms with van der Waals surface area (Å²) in [6.45, 7) is 0.326. The molecule has 1 atom stereocenters. The van der Waals surface area contributed by atoms with E-state index in [-0.39, 0.29) is 6.61 Å². The smallest absolute Gasteiger partial charge is 0.258 e. The molecule has 128 valence electrons. The molecule has 0 fully saturated rings. The van der Waals surface area contributed by atoms with Gasteiger partial charge in [0.25, 0.3) is 5.91 Å². The van der Waals surface area contributed by atoms with Crippen molar-refractivity contribution in [2.75, 3.05) is 13.2 Å². The van der Waals surface area contributed by atoms with Crippen molar-refractivity contribution >= 4 is 22.7 Å². The van der Waals surface area contributed by atoms with Crippen molar-refractivity contribution in [1.82, 2.24) is 10.3 Å². The molecule has 1 unspecified atom stereocenters. The van der Waals surface area contributed by atoms with Crippen LogP contribution < -0.4 is 21.5 Å². The molecule has 0 bridgehead atoms. The molecule has 0 aliphatic carbocycles. The van der Waals surface area contributed by atoms with Crippen LogP contribution in [0.15, 0.2) is 36.5 Å². The lowest BCUT2D eigenvalue weighted by atomic mass is 10.1. The van der Waals surface area contributed by atoms with Gasteiger partial charge in [-0.05, 0) is 37.9 Å². The van der Waals surface area contributed by atoms with Gasteiger partial charge < -0.3 is 21.5 Å². The Morgan fingerprint density at radius 2 is 2.00 bits per heavy atom. The molecule has 2 amide bonds. The molecule has 24 heavy (non-hydrogen) atoms. The maximum Gasteiger partial charge on any atom is 0.258 e. The Hall–Kier alpha value is -2.67. The molecule has 1 aromatic heterocycles. The zero-order valence-electron chi connectivity index (χ0n) is 13.4. The summed E-state index contributed by atoms with van der Waals surface area (Å²) in [5, 5.41) is 3.52. The second-order valence-corrected chi connectivity index (χ2v) is 5.43. The second-order valence-electron chi connectivity index (χ2n) is 5.43. The van der Waals surface area contributed by atoms with Crippen LogP contribution in [-0.4, -0.2) is 36.0 Å². The Labute approximate surface area is 140 Å². The second kappa shape index (κ2) is 8.83. The molecule has 7 nitrogen and oxygen atoms in total. The number of carbonyl (C=O) groups is 2. The molecule has 5 N–H and O–H groups in total. The summed E-state index contributed by atoms with van der Waals surface area (Å²) >= 11 is 0. The highest BCUT2D eigenvalue weighted by molar-refractivity contribution is 5.88. The predicted octanol–water partition coefficient (Wildman–Crippen LogP) is 0.713. The van der Waals surface area contributed by atoms with E-state index >= 15 is 0 Å². The summed E-state index contributed by atoms with van der Waals surface area (Å²) < 4.78 is 5.54. The average molecular weight is 330 g/mol. The van der Waals surface area contributed by atoms with Gasteiger partial charge in [0.05, 0.1) is 0 Å². The largest absolute Gasteiger partial charge is 0.481 e. The lowest BCUT2D eigenvalue weighted by molar-refractivity contribution is -0.128. The highest BCUT2D eigenvalue weighted by Gasteiger charge is 2.18. The van der Waals surface area contributed by atoms with Crippen LogP contribution in [0.1, 0.15) is 19.3 Å². The van der Waals surface area contributed by atoms with E-state index < -0.39 is 17.9 Å². The minimum Gasteiger partial charge on any atom is -0.481 e. The molecule has 0 aliphatic heterocycles. The van der Waals surface area contributed by atoms with Crippen molar-refractivity contribution in [3.63, 3.8) is 0 Å². The minimum absolute atomic E-state index is 0.212. The van der Waals surface area contributed by atoms with Crippen molar-refractivity contribution in [2.45, 2.75) is 25.3 Å². The van der Waals surface area contributed by atoms with Gasteiger partial charge in [-0.25, -0.2) is 0 Å². The Bertz CT molecular complexity index is 700. The van der Waals surface area contributed by atoms with Crippen LogP contribution in [0.25, 0.3) is 10.9 Å². The van der Waals surface area contributed by atoms with Gasteiger partial charge in [0, 0.05) is 11.6 Å². The normalized spacial score (nSPS) is 11.9. The van der Waals surface area contributed by atoms with Crippen molar-refractivity contribution in [2.24, 2.45) is 11.5 Å². The number of hydrogen-bond donors (Lipinski definition) is 3. The fourth-order valence-electron chi connectivity index (χ4n) is 2.35. The molecule has 1 aromatic carbocycles. The van der Waals surface area contributed by atoms with Crippen molar-refractivity contribution in [3.8, 4) is 5.75 Å². The maximum atomic E-state index is 12.0. The summed E-state index contributed by atoms with van der Waals surface area (Å²) in [6.07, 6.45) is 3.63. The molecule has 0 aliphatic rings. The standard InChI is InChI=1S/C17H22N4O3/c18-9-2-1-7-13(17(19)23)21-15(22)11-24-14-8-3-5-12-6-4-10-20-16(12)14/h3-6,8,10,13H,1-2,7,9,11,18H2,(H2,19,23)(H,21,22). The summed E-state index contributed by atoms with van der Waals surface area (Å²) in [5.41, 5.74) is 11.4. The number of benzene rings is 1. The summed E-state index contributed by atoms with van der Waals surface area (Å²) in [5.74, 6) is -0.450. The Balaban J connectivity index is 1.92. The third-order valence-corrected chi connectivity index (χ3v) is 3.58. The van der Waals surface area contributed by atoms with Crippen molar-refractivity contribution in [3.05, 3.63) is 36.5 Å². The number of rotatable bonds is 9.